The highest BCUT2D eigenvalue weighted by molar-refractivity contribution is 9.10. The van der Waals surface area contributed by atoms with E-state index in [9.17, 15) is 5.11 Å². The first-order chi connectivity index (χ1) is 9.02. The highest BCUT2D eigenvalue weighted by atomic mass is 79.9. The zero-order valence-electron chi connectivity index (χ0n) is 10.8. The Hall–Kier alpha value is -0.910. The third kappa shape index (κ3) is 3.16. The molecule has 19 heavy (non-hydrogen) atoms. The van der Waals surface area contributed by atoms with Crippen LogP contribution >= 0.6 is 27.5 Å². The van der Waals surface area contributed by atoms with Gasteiger partial charge in [-0.05, 0) is 34.5 Å². The third-order valence-corrected chi connectivity index (χ3v) is 4.12. The van der Waals surface area contributed by atoms with Crippen molar-refractivity contribution in [3.63, 3.8) is 0 Å². The van der Waals surface area contributed by atoms with E-state index in [4.69, 9.17) is 11.6 Å². The minimum Gasteiger partial charge on any atom is -0.386 e. The molecule has 0 amide bonds. The lowest BCUT2D eigenvalue weighted by molar-refractivity contribution is 0.171. The van der Waals surface area contributed by atoms with Crippen LogP contribution in [0, 0.1) is 0 Å². The van der Waals surface area contributed by atoms with E-state index < -0.39 is 6.10 Å². The molecule has 2 aromatic rings. The summed E-state index contributed by atoms with van der Waals surface area (Å²) in [6.45, 7) is 2.05. The van der Waals surface area contributed by atoms with Gasteiger partial charge in [0.2, 0.25) is 0 Å². The standard InChI is InChI=1S/C13H15BrClN3O/c1-3-9-13(14)11(18(2)17-9)6-12(19)10-5-4-8(15)7-16-10/h4-5,7,12,19H,3,6H2,1-2H3. The molecule has 6 heteroatoms. The van der Waals surface area contributed by atoms with Crippen LogP contribution in [0.3, 0.4) is 0 Å². The summed E-state index contributed by atoms with van der Waals surface area (Å²) in [7, 11) is 1.88. The number of halogens is 2. The smallest absolute Gasteiger partial charge is 0.101 e. The van der Waals surface area contributed by atoms with Crippen LogP contribution in [0.5, 0.6) is 0 Å². The molecule has 0 fully saturated rings. The Balaban J connectivity index is 2.21. The lowest BCUT2D eigenvalue weighted by atomic mass is 10.1. The zero-order chi connectivity index (χ0) is 14.0. The molecule has 0 saturated heterocycles. The zero-order valence-corrected chi connectivity index (χ0v) is 13.1. The van der Waals surface area contributed by atoms with E-state index in [1.165, 1.54) is 6.20 Å². The van der Waals surface area contributed by atoms with Gasteiger partial charge in [0.1, 0.15) is 6.10 Å². The Morgan fingerprint density at radius 1 is 1.47 bits per heavy atom. The number of hydrogen-bond donors (Lipinski definition) is 1. The molecule has 0 aromatic carbocycles. The fourth-order valence-electron chi connectivity index (χ4n) is 1.91. The van der Waals surface area contributed by atoms with Gasteiger partial charge in [-0.25, -0.2) is 0 Å². The van der Waals surface area contributed by atoms with Crippen molar-refractivity contribution in [2.45, 2.75) is 25.9 Å². The van der Waals surface area contributed by atoms with E-state index in [2.05, 4.69) is 26.0 Å². The van der Waals surface area contributed by atoms with Gasteiger partial charge in [0.15, 0.2) is 0 Å². The second kappa shape index (κ2) is 6.03. The molecule has 1 N–H and O–H groups in total. The first-order valence-corrected chi connectivity index (χ1v) is 7.19. The molecule has 0 aliphatic carbocycles. The van der Waals surface area contributed by atoms with Crippen LogP contribution in [0.15, 0.2) is 22.8 Å². The number of hydrogen-bond acceptors (Lipinski definition) is 3. The molecule has 0 spiro atoms. The monoisotopic (exact) mass is 343 g/mol. The maximum atomic E-state index is 10.2. The molecule has 0 bridgehead atoms. The molecule has 2 heterocycles. The number of aryl methyl sites for hydroxylation is 2. The van der Waals surface area contributed by atoms with E-state index in [0.29, 0.717) is 17.1 Å². The summed E-state index contributed by atoms with van der Waals surface area (Å²) in [6.07, 6.45) is 2.17. The van der Waals surface area contributed by atoms with Gasteiger partial charge in [-0.3, -0.25) is 9.67 Å². The van der Waals surface area contributed by atoms with Crippen LogP contribution in [-0.2, 0) is 19.9 Å². The molecule has 0 aliphatic heterocycles. The van der Waals surface area contributed by atoms with E-state index in [-0.39, 0.29) is 0 Å². The quantitative estimate of drug-likeness (QED) is 0.927. The maximum Gasteiger partial charge on any atom is 0.101 e. The Kier molecular flexibility index (Phi) is 4.60. The van der Waals surface area contributed by atoms with Crippen molar-refractivity contribution in [2.24, 2.45) is 7.05 Å². The molecule has 0 saturated carbocycles. The fourth-order valence-corrected chi connectivity index (χ4v) is 2.80. The molecule has 0 radical (unpaired) electrons. The Morgan fingerprint density at radius 3 is 2.74 bits per heavy atom. The number of aliphatic hydroxyl groups is 1. The SMILES string of the molecule is CCc1nn(C)c(CC(O)c2ccc(Cl)cn2)c1Br. The second-order valence-electron chi connectivity index (χ2n) is 4.31. The van der Waals surface area contributed by atoms with Gasteiger partial charge < -0.3 is 5.11 Å². The van der Waals surface area contributed by atoms with Gasteiger partial charge in [0.05, 0.1) is 26.6 Å². The molecular weight excluding hydrogens is 330 g/mol. The number of aromatic nitrogens is 3. The lowest BCUT2D eigenvalue weighted by Gasteiger charge is -2.10. The topological polar surface area (TPSA) is 50.9 Å². The van der Waals surface area contributed by atoms with E-state index >= 15 is 0 Å². The molecule has 2 rings (SSSR count). The maximum absolute atomic E-state index is 10.2. The second-order valence-corrected chi connectivity index (χ2v) is 5.54. The van der Waals surface area contributed by atoms with E-state index in [1.54, 1.807) is 16.8 Å². The molecule has 102 valence electrons. The summed E-state index contributed by atoms with van der Waals surface area (Å²) in [4.78, 5) is 4.13. The minimum absolute atomic E-state index is 0.457. The van der Waals surface area contributed by atoms with Crippen LogP contribution < -0.4 is 0 Å². The van der Waals surface area contributed by atoms with Crippen molar-refractivity contribution in [3.05, 3.63) is 44.9 Å². The predicted molar refractivity (Wildman–Crippen MR) is 78.2 cm³/mol. The summed E-state index contributed by atoms with van der Waals surface area (Å²) in [6, 6.07) is 3.46. The normalized spacial score (nSPS) is 12.7. The van der Waals surface area contributed by atoms with Crippen molar-refractivity contribution >= 4 is 27.5 Å². The molecule has 4 nitrogen and oxygen atoms in total. The predicted octanol–water partition coefficient (Wildman–Crippen LogP) is 3.07. The third-order valence-electron chi connectivity index (χ3n) is 2.98. The van der Waals surface area contributed by atoms with Crippen molar-refractivity contribution in [1.82, 2.24) is 14.8 Å². The lowest BCUT2D eigenvalue weighted by Crippen LogP contribution is -2.08. The van der Waals surface area contributed by atoms with Gasteiger partial charge in [-0.2, -0.15) is 5.10 Å². The van der Waals surface area contributed by atoms with Crippen molar-refractivity contribution in [2.75, 3.05) is 0 Å². The highest BCUT2D eigenvalue weighted by Gasteiger charge is 2.18. The molecule has 0 aliphatic rings. The summed E-state index contributed by atoms with van der Waals surface area (Å²) in [5, 5.41) is 15.2. The van der Waals surface area contributed by atoms with Crippen molar-refractivity contribution < 1.29 is 5.11 Å². The minimum atomic E-state index is -0.673. The van der Waals surface area contributed by atoms with Gasteiger partial charge in [-0.1, -0.05) is 18.5 Å². The number of pyridine rings is 1. The van der Waals surface area contributed by atoms with Gasteiger partial charge in [0, 0.05) is 19.7 Å². The largest absolute Gasteiger partial charge is 0.386 e. The summed E-state index contributed by atoms with van der Waals surface area (Å²) in [5.74, 6) is 0. The van der Waals surface area contributed by atoms with Crippen LogP contribution in [0.25, 0.3) is 0 Å². The molecule has 1 atom stereocenters. The first kappa shape index (κ1) is 14.5. The average molecular weight is 345 g/mol. The molecule has 2 aromatic heterocycles. The number of nitrogens with zero attached hydrogens (tertiary/aromatic N) is 3. The first-order valence-electron chi connectivity index (χ1n) is 6.02. The van der Waals surface area contributed by atoms with Gasteiger partial charge in [-0.15, -0.1) is 0 Å². The van der Waals surface area contributed by atoms with Crippen molar-refractivity contribution in [3.8, 4) is 0 Å². The summed E-state index contributed by atoms with van der Waals surface area (Å²) < 4.78 is 2.76. The fraction of sp³-hybridized carbons (Fsp3) is 0.385. The Labute approximate surface area is 125 Å². The van der Waals surface area contributed by atoms with E-state index in [1.807, 2.05) is 14.0 Å². The highest BCUT2D eigenvalue weighted by Crippen LogP contribution is 2.26. The van der Waals surface area contributed by atoms with Crippen molar-refractivity contribution in [1.29, 1.82) is 0 Å². The van der Waals surface area contributed by atoms with E-state index in [0.717, 1.165) is 22.3 Å². The Bertz CT molecular complexity index is 568. The van der Waals surface area contributed by atoms with Crippen LogP contribution in [0.4, 0.5) is 0 Å². The van der Waals surface area contributed by atoms with Crippen LogP contribution in [-0.4, -0.2) is 19.9 Å². The summed E-state index contributed by atoms with van der Waals surface area (Å²) in [5.41, 5.74) is 2.56. The number of aliphatic hydroxyl groups excluding tert-OH is 1. The molecule has 1 unspecified atom stereocenters. The summed E-state index contributed by atoms with van der Waals surface area (Å²) >= 11 is 9.32. The van der Waals surface area contributed by atoms with Crippen LogP contribution in [0.2, 0.25) is 5.02 Å². The Morgan fingerprint density at radius 2 is 2.21 bits per heavy atom. The van der Waals surface area contributed by atoms with Gasteiger partial charge in [0.25, 0.3) is 0 Å². The van der Waals surface area contributed by atoms with Gasteiger partial charge >= 0.3 is 0 Å². The average Bonchev–Trinajstić information content (AvgIpc) is 2.67. The van der Waals surface area contributed by atoms with Crippen LogP contribution in [0.1, 0.15) is 30.1 Å². The molecular formula is C13H15BrClN3O. The number of rotatable bonds is 4.